The smallest absolute Gasteiger partial charge is 0.226 e. The Kier molecular flexibility index (Phi) is 5.84. The number of hydrogen-bond donors (Lipinski definition) is 0. The average molecular weight is 336 g/mol. The summed E-state index contributed by atoms with van der Waals surface area (Å²) in [7, 11) is 0. The zero-order valence-electron chi connectivity index (χ0n) is 14.7. The predicted octanol–water partition coefficient (Wildman–Crippen LogP) is 1.13. The second kappa shape index (κ2) is 8.07. The van der Waals surface area contributed by atoms with Crippen molar-refractivity contribution < 1.29 is 14.1 Å². The van der Waals surface area contributed by atoms with Gasteiger partial charge in [0, 0.05) is 51.5 Å². The van der Waals surface area contributed by atoms with Crippen molar-refractivity contribution in [1.82, 2.24) is 19.9 Å². The number of ether oxygens (including phenoxy) is 1. The van der Waals surface area contributed by atoms with Crippen molar-refractivity contribution in [3.05, 3.63) is 11.7 Å². The molecule has 1 aromatic heterocycles. The van der Waals surface area contributed by atoms with E-state index >= 15 is 0 Å². The Labute approximate surface area is 143 Å². The van der Waals surface area contributed by atoms with Crippen LogP contribution in [-0.2, 0) is 22.4 Å². The van der Waals surface area contributed by atoms with Gasteiger partial charge in [0.1, 0.15) is 0 Å². The molecule has 134 valence electrons. The molecule has 1 amide bonds. The summed E-state index contributed by atoms with van der Waals surface area (Å²) < 4.78 is 10.6. The number of amides is 1. The topological polar surface area (TPSA) is 71.7 Å². The van der Waals surface area contributed by atoms with Crippen LogP contribution in [-0.4, -0.2) is 71.3 Å². The highest BCUT2D eigenvalue weighted by Gasteiger charge is 2.36. The summed E-state index contributed by atoms with van der Waals surface area (Å²) in [6, 6.07) is 0.473. The number of nitrogens with zero attached hydrogens (tertiary/aromatic N) is 4. The lowest BCUT2D eigenvalue weighted by Gasteiger charge is -2.34. The van der Waals surface area contributed by atoms with E-state index in [1.807, 2.05) is 11.8 Å². The Bertz CT molecular complexity index is 542. The molecule has 0 radical (unpaired) electrons. The third-order valence-electron chi connectivity index (χ3n) is 5.05. The van der Waals surface area contributed by atoms with Crippen molar-refractivity contribution in [3.63, 3.8) is 0 Å². The molecule has 0 aliphatic carbocycles. The maximum Gasteiger partial charge on any atom is 0.226 e. The first-order chi connectivity index (χ1) is 11.7. The Balaban J connectivity index is 1.43. The summed E-state index contributed by atoms with van der Waals surface area (Å²) in [5.74, 6) is 2.14. The van der Waals surface area contributed by atoms with Crippen LogP contribution in [0.1, 0.15) is 38.4 Å². The fourth-order valence-corrected chi connectivity index (χ4v) is 3.62. The number of likely N-dealkylation sites (tertiary alicyclic amines) is 1. The summed E-state index contributed by atoms with van der Waals surface area (Å²) >= 11 is 0. The maximum atomic E-state index is 12.5. The van der Waals surface area contributed by atoms with Crippen LogP contribution >= 0.6 is 0 Å². The number of hydrogen-bond acceptors (Lipinski definition) is 6. The molecule has 2 fully saturated rings. The number of aromatic nitrogens is 2. The van der Waals surface area contributed by atoms with Crippen LogP contribution in [0.4, 0.5) is 0 Å². The third-order valence-corrected chi connectivity index (χ3v) is 5.05. The van der Waals surface area contributed by atoms with Crippen LogP contribution in [0, 0.1) is 5.92 Å². The number of carbonyl (C=O) groups is 1. The molecule has 2 aliphatic rings. The SMILES string of the molecule is CCc1noc(CCCC(=O)N2C[C@H](C)[C@@H](N3CCOCC3)C2)n1. The van der Waals surface area contributed by atoms with Gasteiger partial charge in [-0.2, -0.15) is 4.98 Å². The van der Waals surface area contributed by atoms with E-state index in [2.05, 4.69) is 22.0 Å². The molecule has 2 aliphatic heterocycles. The number of rotatable bonds is 6. The van der Waals surface area contributed by atoms with Gasteiger partial charge in [0.2, 0.25) is 11.8 Å². The van der Waals surface area contributed by atoms with Crippen LogP contribution in [0.25, 0.3) is 0 Å². The molecule has 0 bridgehead atoms. The minimum atomic E-state index is 0.243. The van der Waals surface area contributed by atoms with E-state index in [0.29, 0.717) is 30.7 Å². The number of aryl methyl sites for hydroxylation is 2. The second-order valence-corrected chi connectivity index (χ2v) is 6.80. The lowest BCUT2D eigenvalue weighted by atomic mass is 10.0. The highest BCUT2D eigenvalue weighted by atomic mass is 16.5. The van der Waals surface area contributed by atoms with E-state index in [0.717, 1.165) is 58.1 Å². The minimum Gasteiger partial charge on any atom is -0.379 e. The molecule has 24 heavy (non-hydrogen) atoms. The van der Waals surface area contributed by atoms with E-state index < -0.39 is 0 Å². The molecule has 0 unspecified atom stereocenters. The quantitative estimate of drug-likeness (QED) is 0.776. The lowest BCUT2D eigenvalue weighted by molar-refractivity contribution is -0.130. The molecule has 7 nitrogen and oxygen atoms in total. The summed E-state index contributed by atoms with van der Waals surface area (Å²) in [6.07, 6.45) is 2.76. The first-order valence-electron chi connectivity index (χ1n) is 9.08. The second-order valence-electron chi connectivity index (χ2n) is 6.80. The van der Waals surface area contributed by atoms with Crippen molar-refractivity contribution in [2.75, 3.05) is 39.4 Å². The van der Waals surface area contributed by atoms with E-state index in [-0.39, 0.29) is 5.91 Å². The third kappa shape index (κ3) is 4.13. The van der Waals surface area contributed by atoms with Crippen LogP contribution in [0.5, 0.6) is 0 Å². The van der Waals surface area contributed by atoms with E-state index in [9.17, 15) is 4.79 Å². The summed E-state index contributed by atoms with van der Waals surface area (Å²) in [5, 5.41) is 3.88. The van der Waals surface area contributed by atoms with Crippen LogP contribution in [0.3, 0.4) is 0 Å². The van der Waals surface area contributed by atoms with Gasteiger partial charge < -0.3 is 14.2 Å². The highest BCUT2D eigenvalue weighted by Crippen LogP contribution is 2.23. The van der Waals surface area contributed by atoms with Gasteiger partial charge in [-0.15, -0.1) is 0 Å². The molecule has 2 atom stereocenters. The van der Waals surface area contributed by atoms with Gasteiger partial charge in [0.25, 0.3) is 0 Å². The summed E-state index contributed by atoms with van der Waals surface area (Å²) in [6.45, 7) is 9.53. The summed E-state index contributed by atoms with van der Waals surface area (Å²) in [5.41, 5.74) is 0. The average Bonchev–Trinajstić information content (AvgIpc) is 3.22. The Hall–Kier alpha value is -1.47. The van der Waals surface area contributed by atoms with Gasteiger partial charge in [0.15, 0.2) is 5.82 Å². The number of carbonyl (C=O) groups excluding carboxylic acids is 1. The van der Waals surface area contributed by atoms with Gasteiger partial charge in [-0.1, -0.05) is 19.0 Å². The molecular formula is C17H28N4O3. The fraction of sp³-hybridized carbons (Fsp3) is 0.824. The van der Waals surface area contributed by atoms with Crippen molar-refractivity contribution in [2.45, 2.75) is 45.6 Å². The largest absolute Gasteiger partial charge is 0.379 e. The molecule has 0 saturated carbocycles. The van der Waals surface area contributed by atoms with Crippen molar-refractivity contribution >= 4 is 5.91 Å². The normalized spacial score (nSPS) is 25.3. The first kappa shape index (κ1) is 17.4. The van der Waals surface area contributed by atoms with E-state index in [1.54, 1.807) is 0 Å². The molecule has 2 saturated heterocycles. The standard InChI is InChI=1S/C17H28N4O3/c1-3-15-18-16(24-19-15)5-4-6-17(22)21-11-13(2)14(12-21)20-7-9-23-10-8-20/h13-14H,3-12H2,1-2H3/t13-,14-/m0/s1. The lowest BCUT2D eigenvalue weighted by Crippen LogP contribution is -2.47. The zero-order valence-corrected chi connectivity index (χ0v) is 14.7. The van der Waals surface area contributed by atoms with Crippen molar-refractivity contribution in [3.8, 4) is 0 Å². The zero-order chi connectivity index (χ0) is 16.9. The van der Waals surface area contributed by atoms with Gasteiger partial charge in [-0.25, -0.2) is 0 Å². The summed E-state index contributed by atoms with van der Waals surface area (Å²) in [4.78, 5) is 21.3. The van der Waals surface area contributed by atoms with Gasteiger partial charge in [-0.05, 0) is 12.3 Å². The minimum absolute atomic E-state index is 0.243. The molecule has 1 aromatic rings. The maximum absolute atomic E-state index is 12.5. The molecule has 0 N–H and O–H groups in total. The molecule has 3 heterocycles. The number of morpholine rings is 1. The molecule has 3 rings (SSSR count). The Morgan fingerprint density at radius 1 is 1.29 bits per heavy atom. The Morgan fingerprint density at radius 3 is 2.79 bits per heavy atom. The molecule has 0 spiro atoms. The fourth-order valence-electron chi connectivity index (χ4n) is 3.62. The Morgan fingerprint density at radius 2 is 2.08 bits per heavy atom. The van der Waals surface area contributed by atoms with Crippen LogP contribution < -0.4 is 0 Å². The molecular weight excluding hydrogens is 308 g/mol. The molecule has 0 aromatic carbocycles. The van der Waals surface area contributed by atoms with Gasteiger partial charge in [-0.3, -0.25) is 9.69 Å². The predicted molar refractivity (Wildman–Crippen MR) is 88.5 cm³/mol. The van der Waals surface area contributed by atoms with Crippen molar-refractivity contribution in [2.24, 2.45) is 5.92 Å². The van der Waals surface area contributed by atoms with Gasteiger partial charge in [0.05, 0.1) is 13.2 Å². The van der Waals surface area contributed by atoms with Crippen LogP contribution in [0.2, 0.25) is 0 Å². The first-order valence-corrected chi connectivity index (χ1v) is 9.08. The van der Waals surface area contributed by atoms with Crippen LogP contribution in [0.15, 0.2) is 4.52 Å². The van der Waals surface area contributed by atoms with E-state index in [4.69, 9.17) is 9.26 Å². The van der Waals surface area contributed by atoms with E-state index in [1.165, 1.54) is 0 Å². The monoisotopic (exact) mass is 336 g/mol. The van der Waals surface area contributed by atoms with Gasteiger partial charge >= 0.3 is 0 Å². The van der Waals surface area contributed by atoms with Crippen molar-refractivity contribution in [1.29, 1.82) is 0 Å². The molecule has 7 heteroatoms. The highest BCUT2D eigenvalue weighted by molar-refractivity contribution is 5.76.